The van der Waals surface area contributed by atoms with Crippen LogP contribution in [-0.4, -0.2) is 37.5 Å². The summed E-state index contributed by atoms with van der Waals surface area (Å²) in [5.41, 5.74) is 1.71. The fourth-order valence-electron chi connectivity index (χ4n) is 2.69. The van der Waals surface area contributed by atoms with E-state index in [1.165, 1.54) is 23.9 Å². The van der Waals surface area contributed by atoms with Crippen molar-refractivity contribution >= 4 is 29.3 Å². The van der Waals surface area contributed by atoms with Crippen LogP contribution in [0.2, 0.25) is 0 Å². The average Bonchev–Trinajstić information content (AvgIpc) is 3.14. The third-order valence-electron chi connectivity index (χ3n) is 4.22. The number of carbonyl (C=O) groups excluding carboxylic acids is 1. The molecule has 0 atom stereocenters. The highest BCUT2D eigenvalue weighted by Crippen LogP contribution is 2.20. The first kappa shape index (κ1) is 21.4. The first-order valence-electron chi connectivity index (χ1n) is 9.34. The summed E-state index contributed by atoms with van der Waals surface area (Å²) in [5.74, 6) is 0.245. The maximum atomic E-state index is 12.3. The molecule has 3 aromatic rings. The smallest absolute Gasteiger partial charge is 0.335 e. The minimum Gasteiger partial charge on any atom is -0.486 e. The van der Waals surface area contributed by atoms with E-state index < -0.39 is 5.97 Å². The van der Waals surface area contributed by atoms with E-state index in [1.54, 1.807) is 12.1 Å². The second-order valence-corrected chi connectivity index (χ2v) is 7.41. The molecule has 0 unspecified atom stereocenters. The van der Waals surface area contributed by atoms with Gasteiger partial charge in [-0.1, -0.05) is 35.5 Å². The van der Waals surface area contributed by atoms with Gasteiger partial charge in [-0.15, -0.1) is 10.2 Å². The number of carbonyl (C=O) groups is 2. The van der Waals surface area contributed by atoms with Gasteiger partial charge in [0.15, 0.2) is 11.0 Å². The molecular weight excluding hydrogens is 404 g/mol. The second-order valence-electron chi connectivity index (χ2n) is 6.47. The number of thioether (sulfide) groups is 1. The van der Waals surface area contributed by atoms with Crippen molar-refractivity contribution in [2.24, 2.45) is 0 Å². The van der Waals surface area contributed by atoms with Gasteiger partial charge in [0.2, 0.25) is 5.91 Å². The highest BCUT2D eigenvalue weighted by atomic mass is 32.2. The summed E-state index contributed by atoms with van der Waals surface area (Å²) in [6.07, 6.45) is 0. The lowest BCUT2D eigenvalue weighted by Crippen LogP contribution is -2.15. The number of aryl methyl sites for hydroxylation is 1. The number of aromatic nitrogens is 3. The summed E-state index contributed by atoms with van der Waals surface area (Å²) in [4.78, 5) is 23.3. The quantitative estimate of drug-likeness (QED) is 0.503. The molecule has 0 spiro atoms. The number of amides is 1. The molecule has 1 aromatic heterocycles. The van der Waals surface area contributed by atoms with Crippen LogP contribution in [0.3, 0.4) is 0 Å². The topological polar surface area (TPSA) is 106 Å². The molecule has 30 heavy (non-hydrogen) atoms. The van der Waals surface area contributed by atoms with E-state index in [4.69, 9.17) is 9.84 Å². The van der Waals surface area contributed by atoms with Crippen LogP contribution < -0.4 is 10.1 Å². The van der Waals surface area contributed by atoms with E-state index in [0.717, 1.165) is 11.3 Å². The van der Waals surface area contributed by atoms with Crippen LogP contribution in [0.5, 0.6) is 5.75 Å². The Bertz CT molecular complexity index is 1030. The number of rotatable bonds is 9. The van der Waals surface area contributed by atoms with Gasteiger partial charge in [0.1, 0.15) is 12.4 Å². The zero-order chi connectivity index (χ0) is 21.5. The van der Waals surface area contributed by atoms with Gasteiger partial charge in [-0.05, 0) is 44.2 Å². The number of hydrogen-bond acceptors (Lipinski definition) is 6. The van der Waals surface area contributed by atoms with Crippen LogP contribution in [0.4, 0.5) is 5.69 Å². The van der Waals surface area contributed by atoms with Crippen LogP contribution >= 0.6 is 11.8 Å². The molecule has 8 nitrogen and oxygen atoms in total. The predicted molar refractivity (Wildman–Crippen MR) is 114 cm³/mol. The number of nitrogens with one attached hydrogen (secondary N) is 1. The standard InChI is InChI=1S/C21H22N4O4S/c1-3-25-18(12-29-17-9-7-14(2)8-10-17)23-24-21(25)30-13-19(26)22-16-6-4-5-15(11-16)20(27)28/h4-11H,3,12-13H2,1-2H3,(H,22,26)(H,27,28). The van der Waals surface area contributed by atoms with Crippen molar-refractivity contribution in [3.05, 3.63) is 65.5 Å². The number of carboxylic acids is 1. The van der Waals surface area contributed by atoms with E-state index in [0.29, 0.717) is 23.2 Å². The first-order valence-corrected chi connectivity index (χ1v) is 10.3. The van der Waals surface area contributed by atoms with Crippen molar-refractivity contribution in [1.29, 1.82) is 0 Å². The van der Waals surface area contributed by atoms with Crippen molar-refractivity contribution in [2.45, 2.75) is 32.2 Å². The lowest BCUT2D eigenvalue weighted by molar-refractivity contribution is -0.113. The van der Waals surface area contributed by atoms with Crippen LogP contribution in [0.15, 0.2) is 53.7 Å². The Labute approximate surface area is 178 Å². The molecule has 2 aromatic carbocycles. The summed E-state index contributed by atoms with van der Waals surface area (Å²) in [7, 11) is 0. The lowest BCUT2D eigenvalue weighted by atomic mass is 10.2. The fraction of sp³-hybridized carbons (Fsp3) is 0.238. The van der Waals surface area contributed by atoms with E-state index in [9.17, 15) is 9.59 Å². The minimum atomic E-state index is -1.04. The SMILES string of the molecule is CCn1c(COc2ccc(C)cc2)nnc1SCC(=O)Nc1cccc(C(=O)O)c1. The maximum absolute atomic E-state index is 12.3. The number of carboxylic acid groups (broad SMARTS) is 1. The highest BCUT2D eigenvalue weighted by Gasteiger charge is 2.14. The van der Waals surface area contributed by atoms with Gasteiger partial charge in [0.25, 0.3) is 0 Å². The van der Waals surface area contributed by atoms with Gasteiger partial charge >= 0.3 is 5.97 Å². The summed E-state index contributed by atoms with van der Waals surface area (Å²) in [6, 6.07) is 13.9. The Balaban J connectivity index is 1.57. The van der Waals surface area contributed by atoms with Gasteiger partial charge < -0.3 is 19.7 Å². The highest BCUT2D eigenvalue weighted by molar-refractivity contribution is 7.99. The van der Waals surface area contributed by atoms with Crippen LogP contribution in [-0.2, 0) is 17.9 Å². The van der Waals surface area contributed by atoms with Crippen LogP contribution in [0, 0.1) is 6.92 Å². The molecule has 156 valence electrons. The molecular formula is C21H22N4O4S. The minimum absolute atomic E-state index is 0.115. The monoisotopic (exact) mass is 426 g/mol. The van der Waals surface area contributed by atoms with Gasteiger partial charge in [-0.2, -0.15) is 0 Å². The molecule has 1 amide bonds. The maximum Gasteiger partial charge on any atom is 0.335 e. The van der Waals surface area contributed by atoms with Crippen molar-refractivity contribution in [2.75, 3.05) is 11.1 Å². The second kappa shape index (κ2) is 9.93. The van der Waals surface area contributed by atoms with Crippen molar-refractivity contribution in [3.8, 4) is 5.75 Å². The molecule has 0 saturated heterocycles. The molecule has 0 bridgehead atoms. The number of aromatic carboxylic acids is 1. The van der Waals surface area contributed by atoms with Gasteiger partial charge in [-0.3, -0.25) is 4.79 Å². The molecule has 1 heterocycles. The molecule has 0 radical (unpaired) electrons. The van der Waals surface area contributed by atoms with E-state index >= 15 is 0 Å². The molecule has 2 N–H and O–H groups in total. The normalized spacial score (nSPS) is 10.6. The first-order chi connectivity index (χ1) is 14.5. The van der Waals surface area contributed by atoms with Gasteiger partial charge in [0, 0.05) is 12.2 Å². The zero-order valence-corrected chi connectivity index (χ0v) is 17.5. The average molecular weight is 426 g/mol. The fourth-order valence-corrected chi connectivity index (χ4v) is 3.51. The van der Waals surface area contributed by atoms with E-state index in [1.807, 2.05) is 42.7 Å². The molecule has 0 fully saturated rings. The Morgan fingerprint density at radius 2 is 1.93 bits per heavy atom. The van der Waals surface area contributed by atoms with Crippen LogP contribution in [0.1, 0.15) is 28.7 Å². The van der Waals surface area contributed by atoms with E-state index in [-0.39, 0.29) is 23.8 Å². The third kappa shape index (κ3) is 5.60. The van der Waals surface area contributed by atoms with Crippen LogP contribution in [0.25, 0.3) is 0 Å². The summed E-state index contributed by atoms with van der Waals surface area (Å²) >= 11 is 1.26. The summed E-state index contributed by atoms with van der Waals surface area (Å²) in [6.45, 7) is 4.91. The van der Waals surface area contributed by atoms with Crippen molar-refractivity contribution < 1.29 is 19.4 Å². The number of hydrogen-bond donors (Lipinski definition) is 2. The molecule has 0 aliphatic rings. The lowest BCUT2D eigenvalue weighted by Gasteiger charge is -2.09. The van der Waals surface area contributed by atoms with Gasteiger partial charge in [-0.25, -0.2) is 4.79 Å². The number of anilines is 1. The van der Waals surface area contributed by atoms with Gasteiger partial charge in [0.05, 0.1) is 11.3 Å². The molecule has 0 aliphatic heterocycles. The largest absolute Gasteiger partial charge is 0.486 e. The van der Waals surface area contributed by atoms with E-state index in [2.05, 4.69) is 15.5 Å². The summed E-state index contributed by atoms with van der Waals surface area (Å²) in [5, 5.41) is 20.7. The molecule has 0 saturated carbocycles. The Morgan fingerprint density at radius 3 is 2.63 bits per heavy atom. The predicted octanol–water partition coefficient (Wildman–Crippen LogP) is 3.61. The zero-order valence-electron chi connectivity index (χ0n) is 16.7. The molecule has 0 aliphatic carbocycles. The Kier molecular flexibility index (Phi) is 7.08. The number of benzene rings is 2. The number of ether oxygens (including phenoxy) is 1. The molecule has 3 rings (SSSR count). The van der Waals surface area contributed by atoms with Crippen molar-refractivity contribution in [1.82, 2.24) is 14.8 Å². The van der Waals surface area contributed by atoms with Crippen molar-refractivity contribution in [3.63, 3.8) is 0 Å². The Hall–Kier alpha value is -3.33. The third-order valence-corrected chi connectivity index (χ3v) is 5.19. The number of nitrogens with zero attached hydrogens (tertiary/aromatic N) is 3. The summed E-state index contributed by atoms with van der Waals surface area (Å²) < 4.78 is 7.68. The Morgan fingerprint density at radius 1 is 1.17 bits per heavy atom. The molecule has 9 heteroatoms.